The van der Waals surface area contributed by atoms with E-state index in [4.69, 9.17) is 9.47 Å². The van der Waals surface area contributed by atoms with Crippen molar-refractivity contribution in [3.63, 3.8) is 0 Å². The molecule has 0 saturated heterocycles. The summed E-state index contributed by atoms with van der Waals surface area (Å²) < 4.78 is 10.5. The number of carbonyl (C=O) groups excluding carboxylic acids is 3. The molecule has 1 rings (SSSR count). The molecule has 0 aliphatic heterocycles. The van der Waals surface area contributed by atoms with Crippen LogP contribution in [0.1, 0.15) is 20.8 Å². The molecule has 0 heterocycles. The first-order valence-electron chi connectivity index (χ1n) is 7.17. The van der Waals surface area contributed by atoms with Gasteiger partial charge >= 0.3 is 11.8 Å². The van der Waals surface area contributed by atoms with Crippen LogP contribution in [0.15, 0.2) is 24.3 Å². The lowest BCUT2D eigenvalue weighted by Gasteiger charge is -2.10. The first kappa shape index (κ1) is 18.3. The SMILES string of the molecule is CCOc1ccc(OCC(=O)NNC(=O)C(=O)NC(C)C)cc1. The molecule has 0 aliphatic carbocycles. The van der Waals surface area contributed by atoms with Gasteiger partial charge in [0.25, 0.3) is 5.91 Å². The summed E-state index contributed by atoms with van der Waals surface area (Å²) in [5.74, 6) is -1.19. The van der Waals surface area contributed by atoms with Gasteiger partial charge in [-0.1, -0.05) is 0 Å². The molecule has 0 fully saturated rings. The predicted octanol–water partition coefficient (Wildman–Crippen LogP) is 0.136. The molecule has 0 radical (unpaired) electrons. The molecule has 8 nitrogen and oxygen atoms in total. The number of amides is 3. The Kier molecular flexibility index (Phi) is 7.38. The van der Waals surface area contributed by atoms with Crippen molar-refractivity contribution in [1.29, 1.82) is 0 Å². The van der Waals surface area contributed by atoms with Crippen LogP contribution >= 0.6 is 0 Å². The zero-order valence-electron chi connectivity index (χ0n) is 13.3. The van der Waals surface area contributed by atoms with Crippen LogP contribution in [0.4, 0.5) is 0 Å². The van der Waals surface area contributed by atoms with Crippen LogP contribution in [0.3, 0.4) is 0 Å². The van der Waals surface area contributed by atoms with E-state index >= 15 is 0 Å². The van der Waals surface area contributed by atoms with Gasteiger partial charge in [-0.3, -0.25) is 25.2 Å². The minimum Gasteiger partial charge on any atom is -0.494 e. The Labute approximate surface area is 134 Å². The third-order valence-corrected chi connectivity index (χ3v) is 2.45. The Morgan fingerprint density at radius 2 is 1.52 bits per heavy atom. The minimum atomic E-state index is -0.951. The van der Waals surface area contributed by atoms with Gasteiger partial charge in [-0.25, -0.2) is 0 Å². The van der Waals surface area contributed by atoms with Crippen molar-refractivity contribution >= 4 is 17.7 Å². The zero-order chi connectivity index (χ0) is 17.2. The van der Waals surface area contributed by atoms with E-state index in [2.05, 4.69) is 10.7 Å². The molecular weight excluding hydrogens is 302 g/mol. The van der Waals surface area contributed by atoms with Crippen molar-refractivity contribution in [2.75, 3.05) is 13.2 Å². The van der Waals surface area contributed by atoms with Crippen molar-refractivity contribution in [2.45, 2.75) is 26.8 Å². The Balaban J connectivity index is 2.31. The van der Waals surface area contributed by atoms with Crippen LogP contribution < -0.4 is 25.6 Å². The standard InChI is InChI=1S/C15H21N3O5/c1-4-22-11-5-7-12(8-6-11)23-9-13(19)17-18-15(21)14(20)16-10(2)3/h5-8,10H,4,9H2,1-3H3,(H,16,20)(H,17,19)(H,18,21). The fourth-order valence-corrected chi connectivity index (χ4v) is 1.49. The summed E-state index contributed by atoms with van der Waals surface area (Å²) in [5.41, 5.74) is 4.09. The molecule has 3 N–H and O–H groups in total. The average Bonchev–Trinajstić information content (AvgIpc) is 2.51. The lowest BCUT2D eigenvalue weighted by molar-refractivity contribution is -0.141. The Morgan fingerprint density at radius 1 is 0.957 bits per heavy atom. The maximum absolute atomic E-state index is 11.5. The number of carbonyl (C=O) groups is 3. The third kappa shape index (κ3) is 7.16. The molecule has 0 spiro atoms. The first-order valence-corrected chi connectivity index (χ1v) is 7.17. The normalized spacial score (nSPS) is 9.91. The maximum atomic E-state index is 11.5. The fraction of sp³-hybridized carbons (Fsp3) is 0.400. The second-order valence-electron chi connectivity index (χ2n) is 4.82. The summed E-state index contributed by atoms with van der Waals surface area (Å²) >= 11 is 0. The van der Waals surface area contributed by atoms with E-state index in [1.165, 1.54) is 0 Å². The molecule has 0 atom stereocenters. The van der Waals surface area contributed by atoms with E-state index in [-0.39, 0.29) is 12.6 Å². The minimum absolute atomic E-state index is 0.174. The smallest absolute Gasteiger partial charge is 0.327 e. The van der Waals surface area contributed by atoms with E-state index in [1.54, 1.807) is 38.1 Å². The van der Waals surface area contributed by atoms with Crippen LogP contribution in [0.5, 0.6) is 11.5 Å². The summed E-state index contributed by atoms with van der Waals surface area (Å²) in [6, 6.07) is 6.58. The largest absolute Gasteiger partial charge is 0.494 e. The van der Waals surface area contributed by atoms with Crippen molar-refractivity contribution in [3.8, 4) is 11.5 Å². The number of hydrazine groups is 1. The van der Waals surface area contributed by atoms with E-state index in [9.17, 15) is 14.4 Å². The summed E-state index contributed by atoms with van der Waals surface area (Å²) in [6.07, 6.45) is 0. The van der Waals surface area contributed by atoms with E-state index in [0.717, 1.165) is 0 Å². The van der Waals surface area contributed by atoms with Gasteiger partial charge in [-0.05, 0) is 45.0 Å². The molecule has 0 aliphatic rings. The number of ether oxygens (including phenoxy) is 2. The van der Waals surface area contributed by atoms with E-state index < -0.39 is 17.7 Å². The Hall–Kier alpha value is -2.77. The molecule has 23 heavy (non-hydrogen) atoms. The molecule has 126 valence electrons. The number of hydrogen-bond donors (Lipinski definition) is 3. The third-order valence-electron chi connectivity index (χ3n) is 2.45. The molecular formula is C15H21N3O5. The second-order valence-corrected chi connectivity index (χ2v) is 4.82. The highest BCUT2D eigenvalue weighted by atomic mass is 16.5. The monoisotopic (exact) mass is 323 g/mol. The molecule has 0 bridgehead atoms. The van der Waals surface area contributed by atoms with Crippen molar-refractivity contribution in [1.82, 2.24) is 16.2 Å². The lowest BCUT2D eigenvalue weighted by atomic mass is 10.3. The summed E-state index contributed by atoms with van der Waals surface area (Å²) in [7, 11) is 0. The molecule has 3 amide bonds. The van der Waals surface area contributed by atoms with Crippen LogP contribution in [-0.4, -0.2) is 37.0 Å². The summed E-state index contributed by atoms with van der Waals surface area (Å²) in [6.45, 7) is 5.57. The van der Waals surface area contributed by atoms with E-state index in [0.29, 0.717) is 18.1 Å². The van der Waals surface area contributed by atoms with Gasteiger partial charge in [0.15, 0.2) is 6.61 Å². The van der Waals surface area contributed by atoms with Gasteiger partial charge in [0.2, 0.25) is 0 Å². The van der Waals surface area contributed by atoms with Crippen LogP contribution in [0.2, 0.25) is 0 Å². The Bertz CT molecular complexity index is 543. The number of hydrogen-bond acceptors (Lipinski definition) is 5. The van der Waals surface area contributed by atoms with Crippen LogP contribution in [0, 0.1) is 0 Å². The lowest BCUT2D eigenvalue weighted by Crippen LogP contribution is -2.50. The fourth-order valence-electron chi connectivity index (χ4n) is 1.49. The van der Waals surface area contributed by atoms with Crippen molar-refractivity contribution < 1.29 is 23.9 Å². The van der Waals surface area contributed by atoms with Crippen LogP contribution in [0.25, 0.3) is 0 Å². The topological polar surface area (TPSA) is 106 Å². The Morgan fingerprint density at radius 3 is 2.04 bits per heavy atom. The zero-order valence-corrected chi connectivity index (χ0v) is 13.3. The molecule has 0 saturated carbocycles. The van der Waals surface area contributed by atoms with Gasteiger partial charge in [0, 0.05) is 6.04 Å². The van der Waals surface area contributed by atoms with Crippen molar-refractivity contribution in [2.24, 2.45) is 0 Å². The van der Waals surface area contributed by atoms with Gasteiger partial charge in [-0.2, -0.15) is 0 Å². The number of benzene rings is 1. The summed E-state index contributed by atoms with van der Waals surface area (Å²) in [5, 5.41) is 2.39. The molecule has 1 aromatic rings. The van der Waals surface area contributed by atoms with Crippen molar-refractivity contribution in [3.05, 3.63) is 24.3 Å². The van der Waals surface area contributed by atoms with Gasteiger partial charge < -0.3 is 14.8 Å². The predicted molar refractivity (Wildman–Crippen MR) is 82.7 cm³/mol. The molecule has 0 aromatic heterocycles. The van der Waals surface area contributed by atoms with Gasteiger partial charge in [0.05, 0.1) is 6.61 Å². The number of rotatable bonds is 6. The van der Waals surface area contributed by atoms with E-state index in [1.807, 2.05) is 12.3 Å². The highest BCUT2D eigenvalue weighted by Gasteiger charge is 2.14. The molecule has 0 unspecified atom stereocenters. The number of nitrogens with one attached hydrogen (secondary N) is 3. The molecule has 1 aromatic carbocycles. The van der Waals surface area contributed by atoms with Crippen LogP contribution in [-0.2, 0) is 14.4 Å². The highest BCUT2D eigenvalue weighted by Crippen LogP contribution is 2.17. The van der Waals surface area contributed by atoms with Gasteiger partial charge in [0.1, 0.15) is 11.5 Å². The second kappa shape index (κ2) is 9.29. The van der Waals surface area contributed by atoms with Gasteiger partial charge in [-0.15, -0.1) is 0 Å². The average molecular weight is 323 g/mol. The quantitative estimate of drug-likeness (QED) is 0.510. The first-order chi connectivity index (χ1) is 10.9. The maximum Gasteiger partial charge on any atom is 0.327 e. The highest BCUT2D eigenvalue weighted by molar-refractivity contribution is 6.35. The summed E-state index contributed by atoms with van der Waals surface area (Å²) in [4.78, 5) is 34.2. The molecule has 8 heteroatoms.